The van der Waals surface area contributed by atoms with Crippen LogP contribution in [0.15, 0.2) is 47.4 Å². The fourth-order valence-corrected chi connectivity index (χ4v) is 4.43. The van der Waals surface area contributed by atoms with Crippen LogP contribution in [0, 0.1) is 13.8 Å². The van der Waals surface area contributed by atoms with Crippen LogP contribution in [0.25, 0.3) is 16.6 Å². The van der Waals surface area contributed by atoms with Crippen LogP contribution < -0.4 is 5.32 Å². The molecule has 0 aliphatic carbocycles. The second-order valence-electron chi connectivity index (χ2n) is 7.48. The van der Waals surface area contributed by atoms with Crippen LogP contribution in [-0.2, 0) is 21.1 Å². The van der Waals surface area contributed by atoms with Gasteiger partial charge in [0, 0.05) is 29.5 Å². The minimum Gasteiger partial charge on any atom is -0.325 e. The summed E-state index contributed by atoms with van der Waals surface area (Å²) in [6.07, 6.45) is 1.76. The molecule has 1 amide bonds. The fourth-order valence-electron chi connectivity index (χ4n) is 3.62. The van der Waals surface area contributed by atoms with Gasteiger partial charge in [0.05, 0.1) is 21.1 Å². The monoisotopic (exact) mass is 456 g/mol. The van der Waals surface area contributed by atoms with Gasteiger partial charge in [-0.25, -0.2) is 17.9 Å². The molecular weight excluding hydrogens is 436 g/mol. The number of halogens is 1. The summed E-state index contributed by atoms with van der Waals surface area (Å²) in [6, 6.07) is 12.1. The van der Waals surface area contributed by atoms with Crippen LogP contribution in [0.3, 0.4) is 0 Å². The van der Waals surface area contributed by atoms with Crippen LogP contribution in [-0.4, -0.2) is 35.2 Å². The van der Waals surface area contributed by atoms with Gasteiger partial charge in [-0.2, -0.15) is 5.10 Å². The van der Waals surface area contributed by atoms with Gasteiger partial charge in [-0.1, -0.05) is 23.7 Å². The van der Waals surface area contributed by atoms with Crippen LogP contribution in [0.2, 0.25) is 5.02 Å². The van der Waals surface area contributed by atoms with Crippen LogP contribution in [0.4, 0.5) is 5.69 Å². The first-order chi connectivity index (χ1) is 14.6. The number of hydrogen-bond acceptors (Lipinski definition) is 5. The quantitative estimate of drug-likeness (QED) is 0.487. The molecule has 0 radical (unpaired) electrons. The Morgan fingerprint density at radius 3 is 2.65 bits per heavy atom. The van der Waals surface area contributed by atoms with E-state index in [4.69, 9.17) is 16.6 Å². The molecule has 160 valence electrons. The van der Waals surface area contributed by atoms with Gasteiger partial charge in [-0.3, -0.25) is 4.79 Å². The van der Waals surface area contributed by atoms with Gasteiger partial charge in [0.1, 0.15) is 0 Å². The van der Waals surface area contributed by atoms with Crippen molar-refractivity contribution in [1.29, 1.82) is 0 Å². The van der Waals surface area contributed by atoms with Crippen molar-refractivity contribution in [2.75, 3.05) is 11.6 Å². The average Bonchev–Trinajstić information content (AvgIpc) is 3.07. The number of amides is 1. The molecule has 2 aromatic heterocycles. The number of carbonyl (C=O) groups is 1. The molecular formula is C22H21ClN4O3S. The van der Waals surface area contributed by atoms with E-state index in [-0.39, 0.29) is 27.9 Å². The molecule has 0 fully saturated rings. The van der Waals surface area contributed by atoms with Crippen molar-refractivity contribution < 1.29 is 13.2 Å². The molecule has 4 rings (SSSR count). The first kappa shape index (κ1) is 21.3. The summed E-state index contributed by atoms with van der Waals surface area (Å²) in [5.41, 5.74) is 4.67. The highest BCUT2D eigenvalue weighted by Crippen LogP contribution is 2.26. The van der Waals surface area contributed by atoms with Crippen molar-refractivity contribution in [3.8, 4) is 0 Å². The number of fused-ring (bicyclic) bond motifs is 3. The summed E-state index contributed by atoms with van der Waals surface area (Å²) in [6.45, 7) is 3.89. The molecule has 1 N–H and O–H groups in total. The number of sulfone groups is 1. The van der Waals surface area contributed by atoms with Gasteiger partial charge in [0.15, 0.2) is 15.5 Å². The maximum atomic E-state index is 12.6. The van der Waals surface area contributed by atoms with E-state index in [0.717, 1.165) is 39.8 Å². The van der Waals surface area contributed by atoms with E-state index in [0.29, 0.717) is 6.42 Å². The topological polar surface area (TPSA) is 93.4 Å². The number of aryl methyl sites for hydroxylation is 2. The van der Waals surface area contributed by atoms with Gasteiger partial charge in [0.25, 0.3) is 0 Å². The van der Waals surface area contributed by atoms with Crippen molar-refractivity contribution in [2.45, 2.75) is 31.6 Å². The lowest BCUT2D eigenvalue weighted by Crippen LogP contribution is -2.15. The third kappa shape index (κ3) is 4.13. The zero-order chi connectivity index (χ0) is 22.3. The van der Waals surface area contributed by atoms with E-state index in [9.17, 15) is 13.2 Å². The lowest BCUT2D eigenvalue weighted by atomic mass is 10.1. The van der Waals surface area contributed by atoms with Crippen molar-refractivity contribution in [3.05, 3.63) is 64.4 Å². The molecule has 2 heterocycles. The average molecular weight is 457 g/mol. The number of benzene rings is 2. The molecule has 9 heteroatoms. The molecule has 7 nitrogen and oxygen atoms in total. The van der Waals surface area contributed by atoms with Crippen LogP contribution in [0.1, 0.15) is 23.4 Å². The Morgan fingerprint density at radius 1 is 1.16 bits per heavy atom. The van der Waals surface area contributed by atoms with Crippen LogP contribution >= 0.6 is 11.6 Å². The maximum Gasteiger partial charge on any atom is 0.224 e. The Hall–Kier alpha value is -2.97. The first-order valence-electron chi connectivity index (χ1n) is 9.68. The predicted octanol–water partition coefficient (Wildman–Crippen LogP) is 4.13. The Morgan fingerprint density at radius 2 is 1.90 bits per heavy atom. The Balaban J connectivity index is 1.57. The molecule has 0 atom stereocenters. The molecule has 0 saturated carbocycles. The third-order valence-corrected chi connectivity index (χ3v) is 6.70. The molecule has 4 aromatic rings. The largest absolute Gasteiger partial charge is 0.325 e. The summed E-state index contributed by atoms with van der Waals surface area (Å²) in [4.78, 5) is 17.4. The van der Waals surface area contributed by atoms with Crippen LogP contribution in [0.5, 0.6) is 0 Å². The second kappa shape index (κ2) is 7.94. The SMILES string of the molecule is Cc1nc2c3ccccc3nn2c(C)c1CCC(=O)Nc1cc(S(C)(=O)=O)ccc1Cl. The molecule has 0 unspecified atom stereocenters. The Kier molecular flexibility index (Phi) is 5.45. The van der Waals surface area contributed by atoms with Gasteiger partial charge in [-0.15, -0.1) is 0 Å². The van der Waals surface area contributed by atoms with E-state index < -0.39 is 9.84 Å². The third-order valence-electron chi connectivity index (χ3n) is 5.26. The number of nitrogens with one attached hydrogen (secondary N) is 1. The Bertz CT molecular complexity index is 1440. The second-order valence-corrected chi connectivity index (χ2v) is 9.90. The number of carbonyl (C=O) groups excluding carboxylic acids is 1. The minimum absolute atomic E-state index is 0.0966. The van der Waals surface area contributed by atoms with Crippen molar-refractivity contribution >= 4 is 49.6 Å². The van der Waals surface area contributed by atoms with E-state index in [1.54, 1.807) is 0 Å². The maximum absolute atomic E-state index is 12.6. The molecule has 0 saturated heterocycles. The first-order valence-corrected chi connectivity index (χ1v) is 11.9. The molecule has 0 spiro atoms. The number of nitrogens with zero attached hydrogens (tertiary/aromatic N) is 3. The van der Waals surface area contributed by atoms with Crippen molar-refractivity contribution in [1.82, 2.24) is 14.6 Å². The number of hydrogen-bond donors (Lipinski definition) is 1. The summed E-state index contributed by atoms with van der Waals surface area (Å²) in [5.74, 6) is -0.267. The zero-order valence-corrected chi connectivity index (χ0v) is 18.9. The van der Waals surface area contributed by atoms with E-state index in [2.05, 4.69) is 10.4 Å². The summed E-state index contributed by atoms with van der Waals surface area (Å²) in [7, 11) is -3.40. The summed E-state index contributed by atoms with van der Waals surface area (Å²) in [5, 5.41) is 8.61. The lowest BCUT2D eigenvalue weighted by Gasteiger charge is -2.12. The highest BCUT2D eigenvalue weighted by atomic mass is 35.5. The summed E-state index contributed by atoms with van der Waals surface area (Å²) < 4.78 is 25.4. The van der Waals surface area contributed by atoms with E-state index >= 15 is 0 Å². The number of rotatable bonds is 5. The molecule has 31 heavy (non-hydrogen) atoms. The number of anilines is 1. The normalized spacial score (nSPS) is 11.9. The zero-order valence-electron chi connectivity index (χ0n) is 17.3. The molecule has 0 aliphatic rings. The number of aromatic nitrogens is 3. The van der Waals surface area contributed by atoms with Gasteiger partial charge >= 0.3 is 0 Å². The Labute approximate surface area is 185 Å². The van der Waals surface area contributed by atoms with Crippen molar-refractivity contribution in [3.63, 3.8) is 0 Å². The predicted molar refractivity (Wildman–Crippen MR) is 121 cm³/mol. The van der Waals surface area contributed by atoms with E-state index in [1.807, 2.05) is 42.6 Å². The standard InChI is InChI=1S/C22H21ClN4O3S/c1-13-16(14(2)27-22(24-13)17-6-4-5-7-19(17)26-27)9-11-21(28)25-20-12-15(31(3,29)30)8-10-18(20)23/h4-8,10,12H,9,11H2,1-3H3,(H,25,28). The van der Waals surface area contributed by atoms with Gasteiger partial charge in [0.2, 0.25) is 5.91 Å². The summed E-state index contributed by atoms with van der Waals surface area (Å²) >= 11 is 6.13. The van der Waals surface area contributed by atoms with Crippen molar-refractivity contribution in [2.24, 2.45) is 0 Å². The van der Waals surface area contributed by atoms with Gasteiger partial charge in [-0.05, 0) is 56.2 Å². The van der Waals surface area contributed by atoms with Gasteiger partial charge < -0.3 is 5.32 Å². The molecule has 2 aromatic carbocycles. The highest BCUT2D eigenvalue weighted by molar-refractivity contribution is 7.90. The fraction of sp³-hybridized carbons (Fsp3) is 0.227. The van der Waals surface area contributed by atoms with E-state index in [1.165, 1.54) is 18.2 Å². The smallest absolute Gasteiger partial charge is 0.224 e. The lowest BCUT2D eigenvalue weighted by molar-refractivity contribution is -0.116. The molecule has 0 bridgehead atoms. The minimum atomic E-state index is -3.40. The highest BCUT2D eigenvalue weighted by Gasteiger charge is 2.16. The molecule has 0 aliphatic heterocycles.